The molecule has 0 fully saturated rings. The second kappa shape index (κ2) is 9.07. The lowest BCUT2D eigenvalue weighted by Crippen LogP contribution is -2.11. The Balaban J connectivity index is 1.44. The van der Waals surface area contributed by atoms with Crippen molar-refractivity contribution in [2.75, 3.05) is 5.32 Å². The van der Waals surface area contributed by atoms with Gasteiger partial charge in [-0.2, -0.15) is 4.98 Å². The summed E-state index contributed by atoms with van der Waals surface area (Å²) in [6.07, 6.45) is 2.98. The zero-order chi connectivity index (χ0) is 19.9. The molecule has 0 saturated heterocycles. The van der Waals surface area contributed by atoms with Gasteiger partial charge in [0.1, 0.15) is 11.6 Å². The fourth-order valence-corrected chi connectivity index (χ4v) is 2.37. The number of carbonyl (C=O) groups excluding carboxylic acids is 1. The first-order valence-corrected chi connectivity index (χ1v) is 9.01. The molecule has 3 aromatic rings. The fraction of sp³-hybridized carbons (Fsp3) is 0.300. The first-order valence-electron chi connectivity index (χ1n) is 9.01. The summed E-state index contributed by atoms with van der Waals surface area (Å²) in [4.78, 5) is 20.5. The minimum absolute atomic E-state index is 0.127. The Kier molecular flexibility index (Phi) is 6.31. The number of carbonyl (C=O) groups is 1. The van der Waals surface area contributed by atoms with Crippen LogP contribution in [0.25, 0.3) is 0 Å². The van der Waals surface area contributed by atoms with Crippen LogP contribution < -0.4 is 10.1 Å². The van der Waals surface area contributed by atoms with Gasteiger partial charge >= 0.3 is 0 Å². The van der Waals surface area contributed by atoms with Crippen molar-refractivity contribution in [3.8, 4) is 11.6 Å². The van der Waals surface area contributed by atoms with Gasteiger partial charge in [0, 0.05) is 24.8 Å². The first-order chi connectivity index (χ1) is 13.5. The highest BCUT2D eigenvalue weighted by Gasteiger charge is 2.10. The highest BCUT2D eigenvalue weighted by Crippen LogP contribution is 2.20. The third-order valence-corrected chi connectivity index (χ3v) is 3.85. The number of nitrogens with one attached hydrogen (secondary N) is 1. The SMILES string of the molecule is CC(C)c1noc(CCCC(=O)Nc2ccc(Oc3ccc(F)cc3)nc2)n1. The van der Waals surface area contributed by atoms with Crippen LogP contribution in [-0.2, 0) is 11.2 Å². The smallest absolute Gasteiger partial charge is 0.226 e. The van der Waals surface area contributed by atoms with Crippen molar-refractivity contribution in [2.45, 2.75) is 39.0 Å². The maximum atomic E-state index is 12.9. The number of benzene rings is 1. The molecule has 0 aliphatic rings. The molecule has 0 aliphatic heterocycles. The van der Waals surface area contributed by atoms with Gasteiger partial charge in [0.25, 0.3) is 0 Å². The summed E-state index contributed by atoms with van der Waals surface area (Å²) in [6.45, 7) is 3.98. The zero-order valence-electron chi connectivity index (χ0n) is 15.7. The number of nitrogens with zero attached hydrogens (tertiary/aromatic N) is 3. The molecule has 2 aromatic heterocycles. The highest BCUT2D eigenvalue weighted by atomic mass is 19.1. The zero-order valence-corrected chi connectivity index (χ0v) is 15.7. The molecule has 3 rings (SSSR count). The predicted octanol–water partition coefficient (Wildman–Crippen LogP) is 4.48. The molecule has 28 heavy (non-hydrogen) atoms. The van der Waals surface area contributed by atoms with E-state index in [1.807, 2.05) is 13.8 Å². The number of amides is 1. The number of aryl methyl sites for hydroxylation is 1. The Morgan fingerprint density at radius 2 is 2.00 bits per heavy atom. The molecule has 7 nitrogen and oxygen atoms in total. The molecule has 146 valence electrons. The van der Waals surface area contributed by atoms with E-state index in [2.05, 4.69) is 20.4 Å². The predicted molar refractivity (Wildman–Crippen MR) is 101 cm³/mol. The van der Waals surface area contributed by atoms with E-state index in [1.54, 1.807) is 12.1 Å². The van der Waals surface area contributed by atoms with Crippen molar-refractivity contribution in [2.24, 2.45) is 0 Å². The van der Waals surface area contributed by atoms with Crippen LogP contribution in [0.15, 0.2) is 47.1 Å². The Labute approximate surface area is 161 Å². The number of aromatic nitrogens is 3. The lowest BCUT2D eigenvalue weighted by Gasteiger charge is -2.07. The molecule has 0 bridgehead atoms. The monoisotopic (exact) mass is 384 g/mol. The van der Waals surface area contributed by atoms with Gasteiger partial charge in [-0.15, -0.1) is 0 Å². The Morgan fingerprint density at radius 3 is 2.64 bits per heavy atom. The van der Waals surface area contributed by atoms with E-state index in [-0.39, 0.29) is 17.6 Å². The van der Waals surface area contributed by atoms with Crippen LogP contribution in [-0.4, -0.2) is 21.0 Å². The number of anilines is 1. The second-order valence-corrected chi connectivity index (χ2v) is 6.54. The van der Waals surface area contributed by atoms with E-state index in [0.29, 0.717) is 48.3 Å². The number of hydrogen-bond donors (Lipinski definition) is 1. The molecular weight excluding hydrogens is 363 g/mol. The summed E-state index contributed by atoms with van der Waals surface area (Å²) in [7, 11) is 0. The molecule has 0 unspecified atom stereocenters. The molecule has 2 heterocycles. The summed E-state index contributed by atoms with van der Waals surface area (Å²) in [5.74, 6) is 1.79. The average molecular weight is 384 g/mol. The topological polar surface area (TPSA) is 90.1 Å². The molecule has 1 aromatic carbocycles. The fourth-order valence-electron chi connectivity index (χ4n) is 2.37. The van der Waals surface area contributed by atoms with Gasteiger partial charge in [-0.3, -0.25) is 4.79 Å². The van der Waals surface area contributed by atoms with Crippen molar-refractivity contribution in [1.29, 1.82) is 0 Å². The highest BCUT2D eigenvalue weighted by molar-refractivity contribution is 5.90. The van der Waals surface area contributed by atoms with Gasteiger partial charge in [0.15, 0.2) is 5.82 Å². The van der Waals surface area contributed by atoms with Crippen LogP contribution >= 0.6 is 0 Å². The van der Waals surface area contributed by atoms with E-state index >= 15 is 0 Å². The van der Waals surface area contributed by atoms with E-state index in [9.17, 15) is 9.18 Å². The summed E-state index contributed by atoms with van der Waals surface area (Å²) in [6, 6.07) is 8.96. The molecule has 0 radical (unpaired) electrons. The van der Waals surface area contributed by atoms with Crippen LogP contribution in [0.1, 0.15) is 44.3 Å². The van der Waals surface area contributed by atoms with Crippen molar-refractivity contribution in [3.05, 3.63) is 60.1 Å². The van der Waals surface area contributed by atoms with Crippen LogP contribution in [0.5, 0.6) is 11.6 Å². The van der Waals surface area contributed by atoms with Crippen LogP contribution in [0, 0.1) is 5.82 Å². The van der Waals surface area contributed by atoms with Gasteiger partial charge in [-0.05, 0) is 36.8 Å². The minimum atomic E-state index is -0.335. The summed E-state index contributed by atoms with van der Waals surface area (Å²) in [5, 5.41) is 6.68. The first kappa shape index (κ1) is 19.5. The van der Waals surface area contributed by atoms with Crippen molar-refractivity contribution < 1.29 is 18.4 Å². The van der Waals surface area contributed by atoms with Crippen LogP contribution in [0.3, 0.4) is 0 Å². The molecule has 0 saturated carbocycles. The molecule has 0 atom stereocenters. The molecule has 1 amide bonds. The third kappa shape index (κ3) is 5.60. The lowest BCUT2D eigenvalue weighted by atomic mass is 10.2. The quantitative estimate of drug-likeness (QED) is 0.616. The number of ether oxygens (including phenoxy) is 1. The van der Waals surface area contributed by atoms with Gasteiger partial charge in [-0.25, -0.2) is 9.37 Å². The standard InChI is InChI=1S/C20H21FN4O3/c1-13(2)20-24-19(28-25-20)5-3-4-17(26)23-15-8-11-18(22-12-15)27-16-9-6-14(21)7-10-16/h6-13H,3-5H2,1-2H3,(H,23,26). The Morgan fingerprint density at radius 1 is 1.21 bits per heavy atom. The van der Waals surface area contributed by atoms with E-state index in [1.165, 1.54) is 30.5 Å². The largest absolute Gasteiger partial charge is 0.439 e. The van der Waals surface area contributed by atoms with Gasteiger partial charge < -0.3 is 14.6 Å². The minimum Gasteiger partial charge on any atom is -0.439 e. The summed E-state index contributed by atoms with van der Waals surface area (Å²) >= 11 is 0. The molecular formula is C20H21FN4O3. The maximum absolute atomic E-state index is 12.9. The summed E-state index contributed by atoms with van der Waals surface area (Å²) in [5.41, 5.74) is 0.566. The Hall–Kier alpha value is -3.29. The van der Waals surface area contributed by atoms with Crippen molar-refractivity contribution in [3.63, 3.8) is 0 Å². The number of hydrogen-bond acceptors (Lipinski definition) is 6. The van der Waals surface area contributed by atoms with Gasteiger partial charge in [0.2, 0.25) is 17.7 Å². The Bertz CT molecular complexity index is 908. The lowest BCUT2D eigenvalue weighted by molar-refractivity contribution is -0.116. The second-order valence-electron chi connectivity index (χ2n) is 6.54. The van der Waals surface area contributed by atoms with E-state index in [4.69, 9.17) is 9.26 Å². The molecule has 1 N–H and O–H groups in total. The van der Waals surface area contributed by atoms with E-state index in [0.717, 1.165) is 0 Å². The molecule has 0 aliphatic carbocycles. The molecule has 8 heteroatoms. The number of pyridine rings is 1. The van der Waals surface area contributed by atoms with Crippen LogP contribution in [0.2, 0.25) is 0 Å². The van der Waals surface area contributed by atoms with Crippen molar-refractivity contribution in [1.82, 2.24) is 15.1 Å². The maximum Gasteiger partial charge on any atom is 0.226 e. The number of rotatable bonds is 8. The van der Waals surface area contributed by atoms with Gasteiger partial charge in [-0.1, -0.05) is 19.0 Å². The normalized spacial score (nSPS) is 10.9. The average Bonchev–Trinajstić information content (AvgIpc) is 3.14. The number of halogens is 1. The summed E-state index contributed by atoms with van der Waals surface area (Å²) < 4.78 is 23.6. The van der Waals surface area contributed by atoms with Crippen LogP contribution in [0.4, 0.5) is 10.1 Å². The van der Waals surface area contributed by atoms with Gasteiger partial charge in [0.05, 0.1) is 11.9 Å². The van der Waals surface area contributed by atoms with E-state index < -0.39 is 0 Å². The van der Waals surface area contributed by atoms with Crippen molar-refractivity contribution >= 4 is 11.6 Å². The molecule has 0 spiro atoms. The third-order valence-electron chi connectivity index (χ3n) is 3.85.